The summed E-state index contributed by atoms with van der Waals surface area (Å²) >= 11 is 0. The van der Waals surface area contributed by atoms with E-state index in [2.05, 4.69) is 0 Å². The number of carbonyl (C=O) groups is 1. The van der Waals surface area contributed by atoms with Crippen molar-refractivity contribution in [1.29, 1.82) is 0 Å². The maximum atomic E-state index is 11.9. The predicted octanol–water partition coefficient (Wildman–Crippen LogP) is -0.424. The van der Waals surface area contributed by atoms with Crippen LogP contribution in [0.3, 0.4) is 0 Å². The second kappa shape index (κ2) is 4.65. The third kappa shape index (κ3) is 2.82. The van der Waals surface area contributed by atoms with Gasteiger partial charge >= 0.3 is 5.97 Å². The van der Waals surface area contributed by atoms with Crippen molar-refractivity contribution in [1.82, 2.24) is 0 Å². The van der Waals surface area contributed by atoms with Crippen LogP contribution in [-0.4, -0.2) is 28.2 Å². The molecular formula is C9H13N2O4P. The molecule has 6 nitrogen and oxygen atoms in total. The van der Waals surface area contributed by atoms with Gasteiger partial charge in [0.25, 0.3) is 0 Å². The van der Waals surface area contributed by atoms with Crippen molar-refractivity contribution in [3.05, 3.63) is 24.3 Å². The van der Waals surface area contributed by atoms with Gasteiger partial charge in [-0.2, -0.15) is 0 Å². The van der Waals surface area contributed by atoms with Crippen LogP contribution >= 0.6 is 7.37 Å². The zero-order valence-corrected chi connectivity index (χ0v) is 9.30. The van der Waals surface area contributed by atoms with E-state index in [-0.39, 0.29) is 11.0 Å². The maximum absolute atomic E-state index is 11.9. The number of benzene rings is 1. The topological polar surface area (TPSA) is 127 Å². The number of nitrogen functional groups attached to an aromatic ring is 1. The largest absolute Gasteiger partial charge is 0.480 e. The van der Waals surface area contributed by atoms with E-state index in [0.717, 1.165) is 0 Å². The van der Waals surface area contributed by atoms with Crippen molar-refractivity contribution in [2.45, 2.75) is 6.04 Å². The Labute approximate surface area is 92.3 Å². The number of carboxylic acid groups (broad SMARTS) is 1. The second-order valence-corrected chi connectivity index (χ2v) is 5.64. The van der Waals surface area contributed by atoms with E-state index in [1.807, 2.05) is 0 Å². The molecular weight excluding hydrogens is 231 g/mol. The number of carboxylic acids is 1. The van der Waals surface area contributed by atoms with Gasteiger partial charge < -0.3 is 21.5 Å². The molecule has 88 valence electrons. The van der Waals surface area contributed by atoms with Crippen LogP contribution in [-0.2, 0) is 9.36 Å². The number of nitrogens with two attached hydrogens (primary N) is 2. The Kier molecular flexibility index (Phi) is 3.70. The number of hydrogen-bond donors (Lipinski definition) is 4. The van der Waals surface area contributed by atoms with Crippen LogP contribution in [0.5, 0.6) is 0 Å². The molecule has 0 aliphatic heterocycles. The molecule has 2 atom stereocenters. The van der Waals surface area contributed by atoms with Gasteiger partial charge in [-0.1, -0.05) is 12.1 Å². The van der Waals surface area contributed by atoms with Gasteiger partial charge in [-0.15, -0.1) is 0 Å². The van der Waals surface area contributed by atoms with Crippen LogP contribution < -0.4 is 16.8 Å². The summed E-state index contributed by atoms with van der Waals surface area (Å²) < 4.78 is 11.9. The van der Waals surface area contributed by atoms with Crippen molar-refractivity contribution < 1.29 is 19.4 Å². The van der Waals surface area contributed by atoms with Crippen molar-refractivity contribution in [2.75, 3.05) is 11.9 Å². The molecule has 7 heteroatoms. The summed E-state index contributed by atoms with van der Waals surface area (Å²) in [4.78, 5) is 20.2. The van der Waals surface area contributed by atoms with Crippen LogP contribution in [0.15, 0.2) is 24.3 Å². The van der Waals surface area contributed by atoms with Gasteiger partial charge in [-0.25, -0.2) is 0 Å². The number of para-hydroxylation sites is 1. The molecule has 0 saturated carbocycles. The van der Waals surface area contributed by atoms with Crippen LogP contribution in [0.1, 0.15) is 0 Å². The minimum Gasteiger partial charge on any atom is -0.480 e. The summed E-state index contributed by atoms with van der Waals surface area (Å²) in [6, 6.07) is 4.67. The van der Waals surface area contributed by atoms with E-state index in [4.69, 9.17) is 16.6 Å². The van der Waals surface area contributed by atoms with E-state index in [9.17, 15) is 14.3 Å². The first-order valence-electron chi connectivity index (χ1n) is 4.50. The minimum atomic E-state index is -3.82. The lowest BCUT2D eigenvalue weighted by Gasteiger charge is -2.15. The highest BCUT2D eigenvalue weighted by Crippen LogP contribution is 2.41. The van der Waals surface area contributed by atoms with Crippen LogP contribution in [0.2, 0.25) is 0 Å². The number of rotatable bonds is 4. The molecule has 0 spiro atoms. The van der Waals surface area contributed by atoms with Crippen LogP contribution in [0.4, 0.5) is 5.69 Å². The van der Waals surface area contributed by atoms with Gasteiger partial charge in [0.2, 0.25) is 7.37 Å². The predicted molar refractivity (Wildman–Crippen MR) is 60.8 cm³/mol. The van der Waals surface area contributed by atoms with Gasteiger partial charge in [0.1, 0.15) is 6.04 Å². The molecule has 1 unspecified atom stereocenters. The molecule has 6 N–H and O–H groups in total. The summed E-state index contributed by atoms with van der Waals surface area (Å²) in [6.07, 6.45) is -0.531. The van der Waals surface area contributed by atoms with Gasteiger partial charge in [0.05, 0.1) is 11.5 Å². The third-order valence-corrected chi connectivity index (χ3v) is 4.12. The van der Waals surface area contributed by atoms with Gasteiger partial charge in [-0.05, 0) is 12.1 Å². The van der Waals surface area contributed by atoms with Crippen molar-refractivity contribution >= 4 is 24.3 Å². The monoisotopic (exact) mass is 244 g/mol. The van der Waals surface area contributed by atoms with Crippen molar-refractivity contribution in [3.8, 4) is 0 Å². The average Bonchev–Trinajstić information content (AvgIpc) is 2.17. The van der Waals surface area contributed by atoms with Crippen molar-refractivity contribution in [3.63, 3.8) is 0 Å². The highest BCUT2D eigenvalue weighted by atomic mass is 31.2. The molecule has 1 rings (SSSR count). The lowest BCUT2D eigenvalue weighted by molar-refractivity contribution is -0.138. The van der Waals surface area contributed by atoms with E-state index in [1.54, 1.807) is 12.1 Å². The molecule has 0 saturated heterocycles. The summed E-state index contributed by atoms with van der Waals surface area (Å²) in [5.41, 5.74) is 10.9. The Morgan fingerprint density at radius 2 is 2.00 bits per heavy atom. The van der Waals surface area contributed by atoms with Gasteiger partial charge in [-0.3, -0.25) is 9.36 Å². The van der Waals surface area contributed by atoms with Gasteiger partial charge in [0, 0.05) is 5.69 Å². The standard InChI is InChI=1S/C9H13N2O4P/c10-6-3-1-2-4-8(6)16(14,15)5-7(11)9(12)13/h1-4,7H,5,10-11H2,(H,12,13)(H,14,15)/t7-/m0/s1. The molecule has 0 amide bonds. The lowest BCUT2D eigenvalue weighted by atomic mass is 10.3. The van der Waals surface area contributed by atoms with E-state index < -0.39 is 25.5 Å². The Morgan fingerprint density at radius 3 is 2.50 bits per heavy atom. The molecule has 0 heterocycles. The quantitative estimate of drug-likeness (QED) is 0.420. The third-order valence-electron chi connectivity index (χ3n) is 2.07. The fourth-order valence-electron chi connectivity index (χ4n) is 1.25. The first-order chi connectivity index (χ1) is 7.34. The highest BCUT2D eigenvalue weighted by Gasteiger charge is 2.29. The fraction of sp³-hybridized carbons (Fsp3) is 0.222. The van der Waals surface area contributed by atoms with Gasteiger partial charge in [0.15, 0.2) is 0 Å². The van der Waals surface area contributed by atoms with E-state index in [1.165, 1.54) is 12.1 Å². The van der Waals surface area contributed by atoms with E-state index in [0.29, 0.717) is 0 Å². The zero-order chi connectivity index (χ0) is 12.3. The average molecular weight is 244 g/mol. The molecule has 1 aromatic carbocycles. The Balaban J connectivity index is 2.99. The molecule has 1 aromatic rings. The number of hydrogen-bond acceptors (Lipinski definition) is 4. The molecule has 0 radical (unpaired) electrons. The molecule has 0 bridgehead atoms. The normalized spacial score (nSPS) is 16.4. The second-order valence-electron chi connectivity index (χ2n) is 3.39. The Morgan fingerprint density at radius 1 is 1.44 bits per heavy atom. The van der Waals surface area contributed by atoms with Crippen molar-refractivity contribution in [2.24, 2.45) is 5.73 Å². The highest BCUT2D eigenvalue weighted by molar-refractivity contribution is 7.66. The molecule has 0 aliphatic rings. The van der Waals surface area contributed by atoms with Crippen LogP contribution in [0.25, 0.3) is 0 Å². The fourth-order valence-corrected chi connectivity index (χ4v) is 2.93. The van der Waals surface area contributed by atoms with Crippen LogP contribution in [0, 0.1) is 0 Å². The molecule has 0 aromatic heterocycles. The maximum Gasteiger partial charge on any atom is 0.321 e. The summed E-state index contributed by atoms with van der Waals surface area (Å²) in [7, 11) is -3.82. The molecule has 0 aliphatic carbocycles. The summed E-state index contributed by atoms with van der Waals surface area (Å²) in [5.74, 6) is -1.32. The number of anilines is 1. The lowest BCUT2D eigenvalue weighted by Crippen LogP contribution is -2.35. The summed E-state index contributed by atoms with van der Waals surface area (Å²) in [5, 5.41) is 8.62. The first kappa shape index (κ1) is 12.7. The number of aliphatic carboxylic acids is 1. The summed E-state index contributed by atoms with van der Waals surface area (Å²) in [6.45, 7) is 0. The first-order valence-corrected chi connectivity index (χ1v) is 6.34. The Hall–Kier alpha value is -1.36. The van der Waals surface area contributed by atoms with E-state index >= 15 is 0 Å². The zero-order valence-electron chi connectivity index (χ0n) is 8.41. The molecule has 0 fully saturated rings. The Bertz CT molecular complexity index is 449. The SMILES string of the molecule is Nc1ccccc1P(=O)(O)C[C@H](N)C(=O)O. The smallest absolute Gasteiger partial charge is 0.321 e. The minimum absolute atomic E-state index is 0.0479. The molecule has 16 heavy (non-hydrogen) atoms.